The van der Waals surface area contributed by atoms with E-state index in [9.17, 15) is 0 Å². The lowest BCUT2D eigenvalue weighted by Crippen LogP contribution is -2.36. The lowest BCUT2D eigenvalue weighted by atomic mass is 10.1. The summed E-state index contributed by atoms with van der Waals surface area (Å²) in [5, 5.41) is 3.13. The van der Waals surface area contributed by atoms with Crippen molar-refractivity contribution < 1.29 is 0 Å². The number of nitrogens with zero attached hydrogens (tertiary/aromatic N) is 1. The molecular formula is C11H18N4. The summed E-state index contributed by atoms with van der Waals surface area (Å²) in [6.07, 6.45) is 0. The Morgan fingerprint density at radius 1 is 1.27 bits per heavy atom. The molecule has 4 nitrogen and oxygen atoms in total. The van der Waals surface area contributed by atoms with Crippen LogP contribution in [-0.4, -0.2) is 12.5 Å². The molecule has 0 heterocycles. The van der Waals surface area contributed by atoms with Crippen LogP contribution in [0.3, 0.4) is 0 Å². The van der Waals surface area contributed by atoms with E-state index in [1.807, 2.05) is 6.92 Å². The smallest absolute Gasteiger partial charge is 0.210 e. The molecule has 4 N–H and O–H groups in total. The highest BCUT2D eigenvalue weighted by molar-refractivity contribution is 5.93. The Morgan fingerprint density at radius 2 is 1.87 bits per heavy atom. The van der Waals surface area contributed by atoms with Crippen molar-refractivity contribution in [3.63, 3.8) is 0 Å². The van der Waals surface area contributed by atoms with Gasteiger partial charge >= 0.3 is 0 Å². The van der Waals surface area contributed by atoms with Gasteiger partial charge in [-0.15, -0.1) is 0 Å². The number of anilines is 1. The molecule has 0 atom stereocenters. The maximum absolute atomic E-state index is 5.34. The number of aryl methyl sites for hydroxylation is 2. The predicted molar refractivity (Wildman–Crippen MR) is 64.8 cm³/mol. The number of hydrazine groups is 1. The van der Waals surface area contributed by atoms with Crippen molar-refractivity contribution in [2.45, 2.75) is 20.8 Å². The van der Waals surface area contributed by atoms with Crippen molar-refractivity contribution in [3.05, 3.63) is 29.3 Å². The zero-order valence-corrected chi connectivity index (χ0v) is 9.46. The zero-order chi connectivity index (χ0) is 11.3. The topological polar surface area (TPSA) is 62.4 Å². The maximum atomic E-state index is 5.34. The Bertz CT molecular complexity index is 337. The fraction of sp³-hybridized carbons (Fsp3) is 0.364. The van der Waals surface area contributed by atoms with Crippen molar-refractivity contribution in [1.29, 1.82) is 0 Å². The molecule has 0 saturated carbocycles. The van der Waals surface area contributed by atoms with E-state index < -0.39 is 0 Å². The number of guanidine groups is 1. The summed E-state index contributed by atoms with van der Waals surface area (Å²) in [6, 6.07) is 6.22. The molecule has 0 aromatic heterocycles. The summed E-state index contributed by atoms with van der Waals surface area (Å²) in [7, 11) is 0. The van der Waals surface area contributed by atoms with E-state index >= 15 is 0 Å². The molecule has 0 aliphatic rings. The lowest BCUT2D eigenvalue weighted by molar-refractivity contribution is 0.986. The summed E-state index contributed by atoms with van der Waals surface area (Å²) < 4.78 is 0. The summed E-state index contributed by atoms with van der Waals surface area (Å²) in [5.74, 6) is 5.93. The average Bonchev–Trinajstić information content (AvgIpc) is 2.15. The van der Waals surface area contributed by atoms with Crippen molar-refractivity contribution in [2.24, 2.45) is 10.8 Å². The Hall–Kier alpha value is -1.55. The monoisotopic (exact) mass is 206 g/mol. The van der Waals surface area contributed by atoms with E-state index in [1.54, 1.807) is 0 Å². The van der Waals surface area contributed by atoms with Crippen LogP contribution in [0.1, 0.15) is 18.1 Å². The lowest BCUT2D eigenvalue weighted by Gasteiger charge is -2.10. The molecule has 1 aromatic rings. The van der Waals surface area contributed by atoms with Gasteiger partial charge in [0.15, 0.2) is 0 Å². The molecule has 0 saturated heterocycles. The third kappa shape index (κ3) is 3.59. The molecule has 0 fully saturated rings. The van der Waals surface area contributed by atoms with Crippen LogP contribution in [0.15, 0.2) is 23.2 Å². The number of hydrogen-bond acceptors (Lipinski definition) is 2. The van der Waals surface area contributed by atoms with Crippen molar-refractivity contribution in [1.82, 2.24) is 5.43 Å². The van der Waals surface area contributed by atoms with Crippen LogP contribution in [0.4, 0.5) is 5.69 Å². The second-order valence-corrected chi connectivity index (χ2v) is 3.47. The molecule has 0 bridgehead atoms. The van der Waals surface area contributed by atoms with Gasteiger partial charge in [-0.05, 0) is 44.0 Å². The van der Waals surface area contributed by atoms with Gasteiger partial charge in [-0.25, -0.2) is 5.84 Å². The second kappa shape index (κ2) is 5.36. The summed E-state index contributed by atoms with van der Waals surface area (Å²) in [5.41, 5.74) is 5.95. The third-order valence-electron chi connectivity index (χ3n) is 1.94. The van der Waals surface area contributed by atoms with E-state index in [2.05, 4.69) is 47.8 Å². The molecule has 1 aromatic carbocycles. The second-order valence-electron chi connectivity index (χ2n) is 3.47. The van der Waals surface area contributed by atoms with Crippen LogP contribution in [0.5, 0.6) is 0 Å². The van der Waals surface area contributed by atoms with E-state index in [0.29, 0.717) is 12.5 Å². The Balaban J connectivity index is 2.83. The van der Waals surface area contributed by atoms with Gasteiger partial charge in [-0.2, -0.15) is 0 Å². The SMILES string of the molecule is CCN=C(NN)Nc1cc(C)cc(C)c1. The van der Waals surface area contributed by atoms with Crippen molar-refractivity contribution >= 4 is 11.6 Å². The highest BCUT2D eigenvalue weighted by atomic mass is 15.3. The van der Waals surface area contributed by atoms with Gasteiger partial charge in [-0.3, -0.25) is 10.4 Å². The minimum absolute atomic E-state index is 0.586. The number of nitrogens with two attached hydrogens (primary N) is 1. The Morgan fingerprint density at radius 3 is 2.33 bits per heavy atom. The Kier molecular flexibility index (Phi) is 4.12. The molecule has 0 radical (unpaired) electrons. The summed E-state index contributed by atoms with van der Waals surface area (Å²) in [4.78, 5) is 4.17. The molecule has 0 aliphatic heterocycles. The fourth-order valence-electron chi connectivity index (χ4n) is 1.46. The molecule has 0 aliphatic carbocycles. The predicted octanol–water partition coefficient (Wildman–Crippen LogP) is 1.55. The molecule has 0 unspecified atom stereocenters. The van der Waals surface area contributed by atoms with E-state index in [-0.39, 0.29) is 0 Å². The first-order valence-corrected chi connectivity index (χ1v) is 5.02. The number of aliphatic imine (C=N–C) groups is 1. The molecule has 0 spiro atoms. The van der Waals surface area contributed by atoms with E-state index in [1.165, 1.54) is 11.1 Å². The summed E-state index contributed by atoms with van der Waals surface area (Å²) >= 11 is 0. The van der Waals surface area contributed by atoms with Crippen LogP contribution >= 0.6 is 0 Å². The van der Waals surface area contributed by atoms with Crippen molar-refractivity contribution in [2.75, 3.05) is 11.9 Å². The van der Waals surface area contributed by atoms with E-state index in [0.717, 1.165) is 5.69 Å². The normalized spacial score (nSPS) is 11.3. The van der Waals surface area contributed by atoms with Gasteiger partial charge in [0.05, 0.1) is 0 Å². The number of benzene rings is 1. The van der Waals surface area contributed by atoms with Crippen LogP contribution in [0.25, 0.3) is 0 Å². The largest absolute Gasteiger partial charge is 0.325 e. The van der Waals surface area contributed by atoms with Gasteiger partial charge in [0.2, 0.25) is 5.96 Å². The number of rotatable bonds is 2. The Labute approximate surface area is 90.6 Å². The highest BCUT2D eigenvalue weighted by Crippen LogP contribution is 2.13. The minimum atomic E-state index is 0.586. The highest BCUT2D eigenvalue weighted by Gasteiger charge is 1.98. The average molecular weight is 206 g/mol. The van der Waals surface area contributed by atoms with Crippen LogP contribution in [0, 0.1) is 13.8 Å². The van der Waals surface area contributed by atoms with Crippen LogP contribution in [-0.2, 0) is 0 Å². The maximum Gasteiger partial charge on any atom is 0.210 e. The van der Waals surface area contributed by atoms with Crippen LogP contribution < -0.4 is 16.6 Å². The van der Waals surface area contributed by atoms with E-state index in [4.69, 9.17) is 5.84 Å². The first kappa shape index (κ1) is 11.5. The minimum Gasteiger partial charge on any atom is -0.325 e. The van der Waals surface area contributed by atoms with Crippen LogP contribution in [0.2, 0.25) is 0 Å². The van der Waals surface area contributed by atoms with Gasteiger partial charge in [0.1, 0.15) is 0 Å². The molecular weight excluding hydrogens is 188 g/mol. The molecule has 0 amide bonds. The third-order valence-corrected chi connectivity index (χ3v) is 1.94. The quantitative estimate of drug-likeness (QED) is 0.298. The van der Waals surface area contributed by atoms with Gasteiger partial charge in [0.25, 0.3) is 0 Å². The van der Waals surface area contributed by atoms with Gasteiger partial charge in [0, 0.05) is 12.2 Å². The standard InChI is InChI=1S/C11H18N4/c1-4-13-11(15-12)14-10-6-8(2)5-9(3)7-10/h5-7H,4,12H2,1-3H3,(H2,13,14,15). The summed E-state index contributed by atoms with van der Waals surface area (Å²) in [6.45, 7) is 6.77. The zero-order valence-electron chi connectivity index (χ0n) is 9.46. The molecule has 4 heteroatoms. The molecule has 1 rings (SSSR count). The molecule has 15 heavy (non-hydrogen) atoms. The van der Waals surface area contributed by atoms with Crippen molar-refractivity contribution in [3.8, 4) is 0 Å². The fourth-order valence-corrected chi connectivity index (χ4v) is 1.46. The first-order valence-electron chi connectivity index (χ1n) is 5.02. The number of nitrogens with one attached hydrogen (secondary N) is 2. The molecule has 82 valence electrons. The first-order chi connectivity index (χ1) is 7.15. The van der Waals surface area contributed by atoms with Gasteiger partial charge in [-0.1, -0.05) is 6.07 Å². The number of hydrogen-bond donors (Lipinski definition) is 3. The van der Waals surface area contributed by atoms with Gasteiger partial charge < -0.3 is 5.32 Å².